The molecule has 1 aromatic rings. The monoisotopic (exact) mass is 349 g/mol. The summed E-state index contributed by atoms with van der Waals surface area (Å²) in [5, 5.41) is 12.4. The number of carboxylic acids is 1. The molecule has 1 aliphatic carbocycles. The highest BCUT2D eigenvalue weighted by molar-refractivity contribution is 5.88. The van der Waals surface area contributed by atoms with Crippen LogP contribution in [-0.4, -0.2) is 36.7 Å². The summed E-state index contributed by atoms with van der Waals surface area (Å²) in [5.74, 6) is 0.457. The van der Waals surface area contributed by atoms with Crippen LogP contribution < -0.4 is 14.8 Å². The van der Waals surface area contributed by atoms with E-state index >= 15 is 0 Å². The Morgan fingerprint density at radius 1 is 1.20 bits per heavy atom. The molecule has 1 aromatic carbocycles. The molecule has 0 atom stereocenters. The maximum atomic E-state index is 12.4. The molecule has 138 valence electrons. The third kappa shape index (κ3) is 4.44. The Morgan fingerprint density at radius 3 is 2.36 bits per heavy atom. The fourth-order valence-electron chi connectivity index (χ4n) is 3.46. The molecular formula is C19H27NO5. The molecule has 0 unspecified atom stereocenters. The van der Waals surface area contributed by atoms with Crippen molar-refractivity contribution in [3.8, 4) is 11.5 Å². The predicted octanol–water partition coefficient (Wildman–Crippen LogP) is 2.79. The lowest BCUT2D eigenvalue weighted by molar-refractivity contribution is -0.149. The Kier molecular flexibility index (Phi) is 6.28. The molecule has 1 aliphatic rings. The first-order valence-corrected chi connectivity index (χ1v) is 8.69. The molecule has 0 heterocycles. The van der Waals surface area contributed by atoms with Crippen LogP contribution in [0, 0.1) is 5.92 Å². The molecular weight excluding hydrogens is 322 g/mol. The lowest BCUT2D eigenvalue weighted by Crippen LogP contribution is -2.56. The van der Waals surface area contributed by atoms with Gasteiger partial charge in [0, 0.05) is 0 Å². The van der Waals surface area contributed by atoms with Crippen molar-refractivity contribution in [2.24, 2.45) is 5.92 Å². The minimum absolute atomic E-state index is 0.104. The molecule has 0 spiro atoms. The standard InChI is InChI=1S/C19H27NO5/c1-4-13-7-9-19(10-8-13,18(22)23)20-17(21)12-14-5-6-15(24-2)16(11-14)25-3/h5-6,11,13H,4,7-10,12H2,1-3H3,(H,20,21)(H,22,23). The Labute approximate surface area is 148 Å². The minimum Gasteiger partial charge on any atom is -0.493 e. The third-order valence-corrected chi connectivity index (χ3v) is 5.14. The molecule has 1 amide bonds. The van der Waals surface area contributed by atoms with Crippen molar-refractivity contribution in [3.63, 3.8) is 0 Å². The van der Waals surface area contributed by atoms with Crippen molar-refractivity contribution in [1.82, 2.24) is 5.32 Å². The first kappa shape index (κ1) is 19.1. The van der Waals surface area contributed by atoms with Crippen LogP contribution in [0.3, 0.4) is 0 Å². The van der Waals surface area contributed by atoms with E-state index in [2.05, 4.69) is 12.2 Å². The zero-order chi connectivity index (χ0) is 18.4. The van der Waals surface area contributed by atoms with Gasteiger partial charge in [0.1, 0.15) is 5.54 Å². The van der Waals surface area contributed by atoms with Gasteiger partial charge in [-0.2, -0.15) is 0 Å². The number of nitrogens with one attached hydrogen (secondary N) is 1. The van der Waals surface area contributed by atoms with E-state index < -0.39 is 11.5 Å². The summed E-state index contributed by atoms with van der Waals surface area (Å²) in [6, 6.07) is 5.25. The second-order valence-electron chi connectivity index (χ2n) is 6.65. The average Bonchev–Trinajstić information content (AvgIpc) is 2.61. The zero-order valence-corrected chi connectivity index (χ0v) is 15.1. The van der Waals surface area contributed by atoms with Crippen LogP contribution in [0.2, 0.25) is 0 Å². The molecule has 0 aliphatic heterocycles. The minimum atomic E-state index is -1.14. The van der Waals surface area contributed by atoms with Crippen molar-refractivity contribution < 1.29 is 24.2 Å². The molecule has 6 heteroatoms. The molecule has 6 nitrogen and oxygen atoms in total. The van der Waals surface area contributed by atoms with E-state index in [1.54, 1.807) is 25.3 Å². The smallest absolute Gasteiger partial charge is 0.329 e. The number of rotatable bonds is 7. The van der Waals surface area contributed by atoms with Crippen molar-refractivity contribution in [3.05, 3.63) is 23.8 Å². The summed E-state index contributed by atoms with van der Waals surface area (Å²) in [5.41, 5.74) is -0.391. The number of aliphatic carboxylic acids is 1. The number of ether oxygens (including phenoxy) is 2. The van der Waals surface area contributed by atoms with Crippen LogP contribution in [0.5, 0.6) is 11.5 Å². The maximum absolute atomic E-state index is 12.4. The second kappa shape index (κ2) is 8.23. The summed E-state index contributed by atoms with van der Waals surface area (Å²) in [7, 11) is 3.08. The first-order valence-electron chi connectivity index (χ1n) is 8.69. The number of hydrogen-bond donors (Lipinski definition) is 2. The highest BCUT2D eigenvalue weighted by atomic mass is 16.5. The molecule has 2 N–H and O–H groups in total. The molecule has 0 bridgehead atoms. The predicted molar refractivity (Wildman–Crippen MR) is 94.0 cm³/mol. The van der Waals surface area contributed by atoms with E-state index in [-0.39, 0.29) is 12.3 Å². The Balaban J connectivity index is 2.06. The van der Waals surface area contributed by atoms with Gasteiger partial charge in [-0.25, -0.2) is 4.79 Å². The largest absolute Gasteiger partial charge is 0.493 e. The van der Waals surface area contributed by atoms with Crippen molar-refractivity contribution in [2.75, 3.05) is 14.2 Å². The Bertz CT molecular complexity index is 620. The highest BCUT2D eigenvalue weighted by Crippen LogP contribution is 2.34. The van der Waals surface area contributed by atoms with Gasteiger partial charge in [-0.1, -0.05) is 19.4 Å². The fourth-order valence-corrected chi connectivity index (χ4v) is 3.46. The van der Waals surface area contributed by atoms with Crippen LogP contribution in [0.15, 0.2) is 18.2 Å². The number of carbonyl (C=O) groups is 2. The van der Waals surface area contributed by atoms with Crippen LogP contribution in [0.25, 0.3) is 0 Å². The van der Waals surface area contributed by atoms with Gasteiger partial charge >= 0.3 is 5.97 Å². The number of hydrogen-bond acceptors (Lipinski definition) is 4. The van der Waals surface area contributed by atoms with E-state index in [1.807, 2.05) is 0 Å². The number of amides is 1. The van der Waals surface area contributed by atoms with E-state index in [1.165, 1.54) is 7.11 Å². The van der Waals surface area contributed by atoms with E-state index in [0.29, 0.717) is 30.3 Å². The molecule has 0 saturated heterocycles. The summed E-state index contributed by atoms with van der Waals surface area (Å²) in [6.45, 7) is 2.12. The van der Waals surface area contributed by atoms with Crippen molar-refractivity contribution in [2.45, 2.75) is 51.0 Å². The van der Waals surface area contributed by atoms with Gasteiger partial charge in [-0.05, 0) is 49.3 Å². The summed E-state index contributed by atoms with van der Waals surface area (Å²) in [4.78, 5) is 24.2. The quantitative estimate of drug-likeness (QED) is 0.791. The number of methoxy groups -OCH3 is 2. The zero-order valence-electron chi connectivity index (χ0n) is 15.1. The third-order valence-electron chi connectivity index (χ3n) is 5.14. The first-order chi connectivity index (χ1) is 11.9. The second-order valence-corrected chi connectivity index (χ2v) is 6.65. The SMILES string of the molecule is CCC1CCC(NC(=O)Cc2ccc(OC)c(OC)c2)(C(=O)O)CC1. The number of carboxylic acid groups (broad SMARTS) is 1. The van der Waals surface area contributed by atoms with Crippen molar-refractivity contribution >= 4 is 11.9 Å². The lowest BCUT2D eigenvalue weighted by atomic mass is 9.75. The van der Waals surface area contributed by atoms with Gasteiger partial charge < -0.3 is 19.9 Å². The highest BCUT2D eigenvalue weighted by Gasteiger charge is 2.42. The normalized spacial score (nSPS) is 22.9. The molecule has 1 fully saturated rings. The molecule has 1 saturated carbocycles. The van der Waals surface area contributed by atoms with Crippen LogP contribution in [0.4, 0.5) is 0 Å². The van der Waals surface area contributed by atoms with E-state index in [9.17, 15) is 14.7 Å². The topological polar surface area (TPSA) is 84.9 Å². The van der Waals surface area contributed by atoms with Crippen molar-refractivity contribution in [1.29, 1.82) is 0 Å². The molecule has 0 aromatic heterocycles. The van der Waals surface area contributed by atoms with Gasteiger partial charge in [0.25, 0.3) is 0 Å². The summed E-state index contributed by atoms with van der Waals surface area (Å²) >= 11 is 0. The van der Waals surface area contributed by atoms with Gasteiger partial charge in [-0.15, -0.1) is 0 Å². The van der Waals surface area contributed by atoms with E-state index in [0.717, 1.165) is 24.8 Å². The van der Waals surface area contributed by atoms with Crippen LogP contribution >= 0.6 is 0 Å². The fraction of sp³-hybridized carbons (Fsp3) is 0.579. The van der Waals surface area contributed by atoms with E-state index in [4.69, 9.17) is 9.47 Å². The molecule has 0 radical (unpaired) electrons. The summed E-state index contributed by atoms with van der Waals surface area (Å²) < 4.78 is 10.4. The molecule has 2 rings (SSSR count). The number of benzene rings is 1. The number of carbonyl (C=O) groups excluding carboxylic acids is 1. The van der Waals surface area contributed by atoms with Gasteiger partial charge in [0.05, 0.1) is 20.6 Å². The maximum Gasteiger partial charge on any atom is 0.329 e. The average molecular weight is 349 g/mol. The Hall–Kier alpha value is -2.24. The molecule has 25 heavy (non-hydrogen) atoms. The van der Waals surface area contributed by atoms with Crippen LogP contribution in [-0.2, 0) is 16.0 Å². The van der Waals surface area contributed by atoms with Crippen LogP contribution in [0.1, 0.15) is 44.6 Å². The lowest BCUT2D eigenvalue weighted by Gasteiger charge is -2.37. The van der Waals surface area contributed by atoms with Gasteiger partial charge in [0.2, 0.25) is 5.91 Å². The summed E-state index contributed by atoms with van der Waals surface area (Å²) in [6.07, 6.45) is 3.79. The Morgan fingerprint density at radius 2 is 1.84 bits per heavy atom. The van der Waals surface area contributed by atoms with Gasteiger partial charge in [0.15, 0.2) is 11.5 Å². The van der Waals surface area contributed by atoms with Gasteiger partial charge in [-0.3, -0.25) is 4.79 Å².